The molecule has 1 saturated heterocycles. The first-order chi connectivity index (χ1) is 15.5. The Morgan fingerprint density at radius 1 is 0.875 bits per heavy atom. The molecule has 0 bridgehead atoms. The van der Waals surface area contributed by atoms with Gasteiger partial charge in [-0.2, -0.15) is 0 Å². The minimum atomic E-state index is -0.0848. The van der Waals surface area contributed by atoms with Crippen LogP contribution in [0.25, 0.3) is 10.6 Å². The van der Waals surface area contributed by atoms with E-state index in [1.165, 1.54) is 11.3 Å². The van der Waals surface area contributed by atoms with Crippen molar-refractivity contribution < 1.29 is 19.1 Å². The Morgan fingerprint density at radius 2 is 1.50 bits per heavy atom. The molecule has 32 heavy (non-hydrogen) atoms. The molecule has 166 valence electrons. The molecule has 0 atom stereocenters. The number of hydrogen-bond donors (Lipinski definition) is 0. The predicted octanol–water partition coefficient (Wildman–Crippen LogP) is 3.73. The number of carbonyl (C=O) groups is 2. The summed E-state index contributed by atoms with van der Waals surface area (Å²) in [6.45, 7) is 3.78. The van der Waals surface area contributed by atoms with Crippen LogP contribution in [-0.2, 0) is 0 Å². The fourth-order valence-corrected chi connectivity index (χ4v) is 4.75. The van der Waals surface area contributed by atoms with E-state index in [9.17, 15) is 9.59 Å². The molecule has 2 amide bonds. The highest BCUT2D eigenvalue weighted by atomic mass is 32.1. The van der Waals surface area contributed by atoms with Crippen molar-refractivity contribution in [3.63, 3.8) is 0 Å². The minimum Gasteiger partial charge on any atom is -0.493 e. The van der Waals surface area contributed by atoms with E-state index in [0.717, 1.165) is 16.3 Å². The van der Waals surface area contributed by atoms with Crippen molar-refractivity contribution in [3.8, 4) is 22.1 Å². The normalized spacial score (nSPS) is 13.7. The highest BCUT2D eigenvalue weighted by molar-refractivity contribution is 7.17. The Kier molecular flexibility index (Phi) is 6.41. The zero-order valence-corrected chi connectivity index (χ0v) is 19.1. The van der Waals surface area contributed by atoms with Gasteiger partial charge in [0.05, 0.1) is 19.9 Å². The van der Waals surface area contributed by atoms with Crippen molar-refractivity contribution >= 4 is 23.2 Å². The largest absolute Gasteiger partial charge is 0.493 e. The fraction of sp³-hybridized carbons (Fsp3) is 0.292. The van der Waals surface area contributed by atoms with E-state index >= 15 is 0 Å². The molecular formula is C24H25N3O4S. The van der Waals surface area contributed by atoms with Crippen molar-refractivity contribution in [2.24, 2.45) is 0 Å². The average Bonchev–Trinajstić information content (AvgIpc) is 3.24. The fourth-order valence-electron chi connectivity index (χ4n) is 3.71. The van der Waals surface area contributed by atoms with Gasteiger partial charge in [-0.05, 0) is 25.1 Å². The van der Waals surface area contributed by atoms with Crippen LogP contribution < -0.4 is 9.47 Å². The lowest BCUT2D eigenvalue weighted by Gasteiger charge is -2.34. The van der Waals surface area contributed by atoms with Crippen LogP contribution in [0.5, 0.6) is 11.5 Å². The zero-order valence-electron chi connectivity index (χ0n) is 18.3. The number of ether oxygens (including phenoxy) is 2. The highest BCUT2D eigenvalue weighted by Gasteiger charge is 2.28. The number of hydrogen-bond acceptors (Lipinski definition) is 6. The van der Waals surface area contributed by atoms with Crippen LogP contribution in [0.15, 0.2) is 48.5 Å². The average molecular weight is 452 g/mol. The second-order valence-electron chi connectivity index (χ2n) is 7.45. The summed E-state index contributed by atoms with van der Waals surface area (Å²) in [5, 5.41) is 0.841. The molecule has 1 aliphatic rings. The first kappa shape index (κ1) is 21.8. The standard InChI is InChI=1S/C24H25N3O4S/c1-16-21(32-22(25-16)17-7-5-4-6-8-17)24(29)27-13-11-26(12-14-27)23(28)18-9-10-19(30-2)20(15-18)31-3/h4-10,15H,11-14H2,1-3H3. The van der Waals surface area contributed by atoms with Crippen molar-refractivity contribution in [1.82, 2.24) is 14.8 Å². The molecule has 7 nitrogen and oxygen atoms in total. The molecule has 0 spiro atoms. The van der Waals surface area contributed by atoms with Crippen LogP contribution >= 0.6 is 11.3 Å². The lowest BCUT2D eigenvalue weighted by molar-refractivity contribution is 0.0537. The summed E-state index contributed by atoms with van der Waals surface area (Å²) >= 11 is 1.42. The number of piperazine rings is 1. The van der Waals surface area contributed by atoms with Crippen LogP contribution in [0.1, 0.15) is 25.7 Å². The van der Waals surface area contributed by atoms with E-state index in [-0.39, 0.29) is 11.8 Å². The van der Waals surface area contributed by atoms with Gasteiger partial charge < -0.3 is 19.3 Å². The van der Waals surface area contributed by atoms with Crippen molar-refractivity contribution in [2.75, 3.05) is 40.4 Å². The third-order valence-corrected chi connectivity index (χ3v) is 6.69. The Labute approximate surface area is 191 Å². The van der Waals surface area contributed by atoms with Gasteiger partial charge in [-0.25, -0.2) is 4.98 Å². The van der Waals surface area contributed by atoms with Gasteiger partial charge in [-0.3, -0.25) is 9.59 Å². The van der Waals surface area contributed by atoms with Crippen molar-refractivity contribution in [3.05, 3.63) is 64.7 Å². The molecule has 0 aliphatic carbocycles. The molecular weight excluding hydrogens is 426 g/mol. The summed E-state index contributed by atoms with van der Waals surface area (Å²) in [5.41, 5.74) is 2.28. The molecule has 0 unspecified atom stereocenters. The molecule has 1 aromatic heterocycles. The maximum Gasteiger partial charge on any atom is 0.265 e. The third-order valence-electron chi connectivity index (χ3n) is 5.50. The quantitative estimate of drug-likeness (QED) is 0.591. The number of aromatic nitrogens is 1. The van der Waals surface area contributed by atoms with Crippen molar-refractivity contribution in [1.29, 1.82) is 0 Å². The zero-order chi connectivity index (χ0) is 22.7. The van der Waals surface area contributed by atoms with Gasteiger partial charge in [0.2, 0.25) is 0 Å². The Balaban J connectivity index is 1.42. The summed E-state index contributed by atoms with van der Waals surface area (Å²) < 4.78 is 10.5. The first-order valence-corrected chi connectivity index (χ1v) is 11.2. The van der Waals surface area contributed by atoms with E-state index in [1.807, 2.05) is 37.3 Å². The minimum absolute atomic E-state index is 0.0274. The lowest BCUT2D eigenvalue weighted by Crippen LogP contribution is -2.50. The summed E-state index contributed by atoms with van der Waals surface area (Å²) in [6, 6.07) is 15.0. The summed E-state index contributed by atoms with van der Waals surface area (Å²) in [4.78, 5) is 34.9. The summed E-state index contributed by atoms with van der Waals surface area (Å²) in [7, 11) is 3.10. The molecule has 2 heterocycles. The number of aryl methyl sites for hydroxylation is 1. The predicted molar refractivity (Wildman–Crippen MR) is 124 cm³/mol. The first-order valence-electron chi connectivity index (χ1n) is 10.3. The van der Waals surface area contributed by atoms with Crippen LogP contribution in [0.3, 0.4) is 0 Å². The molecule has 1 fully saturated rings. The highest BCUT2D eigenvalue weighted by Crippen LogP contribution is 2.30. The van der Waals surface area contributed by atoms with Crippen LogP contribution in [0, 0.1) is 6.92 Å². The van der Waals surface area contributed by atoms with Gasteiger partial charge in [0.1, 0.15) is 9.88 Å². The maximum absolute atomic E-state index is 13.1. The van der Waals surface area contributed by atoms with Gasteiger partial charge in [-0.15, -0.1) is 11.3 Å². The number of amides is 2. The van der Waals surface area contributed by atoms with E-state index < -0.39 is 0 Å². The van der Waals surface area contributed by atoms with Gasteiger partial charge in [0, 0.05) is 37.3 Å². The van der Waals surface area contributed by atoms with Gasteiger partial charge in [0.15, 0.2) is 11.5 Å². The van der Waals surface area contributed by atoms with E-state index in [1.54, 1.807) is 42.2 Å². The molecule has 2 aromatic carbocycles. The summed E-state index contributed by atoms with van der Waals surface area (Å²) in [5.74, 6) is 0.982. The van der Waals surface area contributed by atoms with Gasteiger partial charge in [0.25, 0.3) is 11.8 Å². The monoisotopic (exact) mass is 451 g/mol. The molecule has 3 aromatic rings. The van der Waals surface area contributed by atoms with E-state index in [4.69, 9.17) is 9.47 Å². The van der Waals surface area contributed by atoms with Crippen LogP contribution in [0.4, 0.5) is 0 Å². The molecule has 1 aliphatic heterocycles. The Hall–Kier alpha value is -3.39. The van der Waals surface area contributed by atoms with Crippen molar-refractivity contribution in [2.45, 2.75) is 6.92 Å². The number of rotatable bonds is 5. The van der Waals surface area contributed by atoms with E-state index in [2.05, 4.69) is 4.98 Å². The van der Waals surface area contributed by atoms with Gasteiger partial charge in [-0.1, -0.05) is 30.3 Å². The lowest BCUT2D eigenvalue weighted by atomic mass is 10.1. The topological polar surface area (TPSA) is 72.0 Å². The van der Waals surface area contributed by atoms with E-state index in [0.29, 0.717) is 48.1 Å². The number of benzene rings is 2. The van der Waals surface area contributed by atoms with Crippen LogP contribution in [-0.4, -0.2) is 67.0 Å². The SMILES string of the molecule is COc1ccc(C(=O)N2CCN(C(=O)c3sc(-c4ccccc4)nc3C)CC2)cc1OC. The maximum atomic E-state index is 13.1. The number of nitrogens with zero attached hydrogens (tertiary/aromatic N) is 3. The number of carbonyl (C=O) groups excluding carboxylic acids is 2. The summed E-state index contributed by atoms with van der Waals surface area (Å²) in [6.07, 6.45) is 0. The second kappa shape index (κ2) is 9.40. The van der Waals surface area contributed by atoms with Gasteiger partial charge >= 0.3 is 0 Å². The molecule has 8 heteroatoms. The Bertz CT molecular complexity index is 1120. The molecule has 4 rings (SSSR count). The number of methoxy groups -OCH3 is 2. The number of thiazole rings is 1. The molecule has 0 N–H and O–H groups in total. The van der Waals surface area contributed by atoms with Crippen LogP contribution in [0.2, 0.25) is 0 Å². The second-order valence-corrected chi connectivity index (χ2v) is 8.45. The Morgan fingerprint density at radius 3 is 2.12 bits per heavy atom. The smallest absolute Gasteiger partial charge is 0.265 e. The molecule has 0 saturated carbocycles. The third kappa shape index (κ3) is 4.31. The molecule has 0 radical (unpaired) electrons.